The maximum atomic E-state index is 13.5. The first-order valence-corrected chi connectivity index (χ1v) is 11.6. The molecule has 0 fully saturated rings. The van der Waals surface area contributed by atoms with Gasteiger partial charge in [0, 0.05) is 12.8 Å². The number of rotatable bonds is 18. The topological polar surface area (TPSA) is 91.3 Å². The predicted molar refractivity (Wildman–Crippen MR) is 103 cm³/mol. The van der Waals surface area contributed by atoms with Crippen LogP contribution in [0, 0.1) is 0 Å². The van der Waals surface area contributed by atoms with Crippen molar-refractivity contribution in [3.8, 4) is 0 Å². The van der Waals surface area contributed by atoms with E-state index in [4.69, 9.17) is 5.26 Å². The number of hydrogen-bond donors (Lipinski definition) is 1. The quantitative estimate of drug-likeness (QED) is 0.0392. The second-order valence-electron chi connectivity index (χ2n) is 8.23. The average molecular weight is 718 g/mol. The van der Waals surface area contributed by atoms with Gasteiger partial charge in [-0.15, -0.1) is 4.33 Å². The highest BCUT2D eigenvalue weighted by atomic mass is 32.2. The van der Waals surface area contributed by atoms with Crippen LogP contribution >= 0.6 is 12.0 Å². The normalized spacial score (nSPS) is 15.2. The molecule has 0 amide bonds. The van der Waals surface area contributed by atoms with Gasteiger partial charge in [0.2, 0.25) is 0 Å². The highest BCUT2D eigenvalue weighted by Gasteiger charge is 2.82. The molecule has 26 heteroatoms. The first kappa shape index (κ1) is 41.9. The summed E-state index contributed by atoms with van der Waals surface area (Å²) in [5.41, 5.74) is 0. The van der Waals surface area contributed by atoms with Crippen LogP contribution in [0.4, 0.5) is 79.0 Å². The van der Waals surface area contributed by atoms with Crippen LogP contribution in [0.2, 0.25) is 0 Å². The molecular formula is C18H16F18O7S. The molecule has 1 atom stereocenters. The van der Waals surface area contributed by atoms with E-state index >= 15 is 0 Å². The van der Waals surface area contributed by atoms with E-state index in [0.717, 1.165) is 0 Å². The van der Waals surface area contributed by atoms with Crippen molar-refractivity contribution in [1.29, 1.82) is 0 Å². The summed E-state index contributed by atoms with van der Waals surface area (Å²) in [5.74, 6) is -43.8. The molecule has 0 aliphatic carbocycles. The summed E-state index contributed by atoms with van der Waals surface area (Å²) >= 11 is -0.365. The average Bonchev–Trinajstić information content (AvgIpc) is 2.85. The van der Waals surface area contributed by atoms with Crippen LogP contribution in [-0.2, 0) is 28.4 Å². The Hall–Kier alpha value is -2.09. The molecule has 0 aromatic heterocycles. The molecule has 0 radical (unpaired) electrons. The van der Waals surface area contributed by atoms with Gasteiger partial charge in [0.25, 0.3) is 0 Å². The Kier molecular flexibility index (Phi) is 13.9. The lowest BCUT2D eigenvalue weighted by Crippen LogP contribution is -2.60. The predicted octanol–water partition coefficient (Wildman–Crippen LogP) is 7.40. The number of carbonyl (C=O) groups excluding carboxylic acids is 2. The molecule has 0 saturated heterocycles. The fraction of sp³-hybridized carbons (Fsp3) is 0.889. The summed E-state index contributed by atoms with van der Waals surface area (Å²) in [5, 5.41) is 9.02. The van der Waals surface area contributed by atoms with Gasteiger partial charge in [-0.05, 0) is 12.8 Å². The SMILES string of the molecule is O=C(CC(SOOO)C(=O)OCCCC(F)(F)C(F)(F)C(F)(F)C(F)(F)F)OCCCC(F)(F)C(F)(F)C(F)(F)C(F)(F)F. The van der Waals surface area contributed by atoms with Gasteiger partial charge in [0.05, 0.1) is 31.7 Å². The van der Waals surface area contributed by atoms with Crippen molar-refractivity contribution in [3.05, 3.63) is 0 Å². The second kappa shape index (κ2) is 14.6. The van der Waals surface area contributed by atoms with Gasteiger partial charge in [0.15, 0.2) is 0 Å². The maximum Gasteiger partial charge on any atom is 0.460 e. The van der Waals surface area contributed by atoms with Crippen LogP contribution in [-0.4, -0.2) is 83.5 Å². The molecule has 0 bridgehead atoms. The standard InChI is InChI=1S/C18H16F18O7S/c19-11(20,13(23,24)15(27,28)17(31,32)33)3-1-5-40-9(37)7-8(44-43-42-39)10(38)41-6-2-4-12(21,22)14(25,26)16(29,30)18(34,35)36/h8,39H,1-7H2. The molecule has 0 heterocycles. The number of esters is 2. The van der Waals surface area contributed by atoms with Crippen molar-refractivity contribution < 1.29 is 113 Å². The number of hydrogen-bond acceptors (Lipinski definition) is 8. The lowest BCUT2D eigenvalue weighted by molar-refractivity contribution is -0.432. The zero-order valence-corrected chi connectivity index (χ0v) is 21.5. The molecule has 44 heavy (non-hydrogen) atoms. The molecule has 0 aliphatic heterocycles. The first-order chi connectivity index (χ1) is 19.4. The lowest BCUT2D eigenvalue weighted by atomic mass is 10.00. The van der Waals surface area contributed by atoms with E-state index in [1.54, 1.807) is 0 Å². The second-order valence-corrected chi connectivity index (χ2v) is 9.13. The molecule has 0 aliphatic rings. The van der Waals surface area contributed by atoms with Crippen LogP contribution in [0.15, 0.2) is 0 Å². The summed E-state index contributed by atoms with van der Waals surface area (Å²) in [6.07, 6.45) is -23.3. The minimum absolute atomic E-state index is 0.365. The van der Waals surface area contributed by atoms with Gasteiger partial charge in [-0.2, -0.15) is 79.0 Å². The van der Waals surface area contributed by atoms with E-state index in [-0.39, 0.29) is 12.0 Å². The maximum absolute atomic E-state index is 13.5. The summed E-state index contributed by atoms with van der Waals surface area (Å²) in [7, 11) is 0. The highest BCUT2D eigenvalue weighted by Crippen LogP contribution is 2.55. The molecule has 0 saturated carbocycles. The fourth-order valence-corrected chi connectivity index (χ4v) is 3.08. The molecule has 0 spiro atoms. The van der Waals surface area contributed by atoms with Crippen LogP contribution in [0.1, 0.15) is 32.1 Å². The Balaban J connectivity index is 5.08. The number of alkyl halides is 18. The zero-order chi connectivity index (χ0) is 35.2. The Morgan fingerprint density at radius 3 is 1.30 bits per heavy atom. The van der Waals surface area contributed by atoms with E-state index < -0.39 is 110 Å². The smallest absolute Gasteiger partial charge is 0.460 e. The third-order valence-electron chi connectivity index (χ3n) is 5.00. The van der Waals surface area contributed by atoms with Crippen molar-refractivity contribution in [2.75, 3.05) is 13.2 Å². The van der Waals surface area contributed by atoms with Gasteiger partial charge < -0.3 is 9.47 Å². The van der Waals surface area contributed by atoms with Crippen LogP contribution in [0.3, 0.4) is 0 Å². The zero-order valence-electron chi connectivity index (χ0n) is 20.6. The van der Waals surface area contributed by atoms with Crippen LogP contribution in [0.25, 0.3) is 0 Å². The van der Waals surface area contributed by atoms with Gasteiger partial charge in [-0.25, -0.2) is 5.26 Å². The van der Waals surface area contributed by atoms with E-state index in [2.05, 4.69) is 18.8 Å². The Morgan fingerprint density at radius 2 is 0.955 bits per heavy atom. The monoisotopic (exact) mass is 718 g/mol. The molecule has 0 rings (SSSR count). The van der Waals surface area contributed by atoms with Crippen molar-refractivity contribution >= 4 is 24.0 Å². The van der Waals surface area contributed by atoms with E-state index in [9.17, 15) is 88.6 Å². The highest BCUT2D eigenvalue weighted by molar-refractivity contribution is 7.95. The summed E-state index contributed by atoms with van der Waals surface area (Å²) < 4.78 is 243. The summed E-state index contributed by atoms with van der Waals surface area (Å²) in [6, 6.07) is 0. The first-order valence-electron chi connectivity index (χ1n) is 10.8. The van der Waals surface area contributed by atoms with Gasteiger partial charge in [-0.1, -0.05) is 5.04 Å². The fourth-order valence-electron chi connectivity index (χ4n) is 2.60. The third kappa shape index (κ3) is 9.46. The van der Waals surface area contributed by atoms with E-state index in [0.29, 0.717) is 0 Å². The van der Waals surface area contributed by atoms with Crippen molar-refractivity contribution in [3.63, 3.8) is 0 Å². The summed E-state index contributed by atoms with van der Waals surface area (Å²) in [4.78, 5) is 23.7. The molecular weight excluding hydrogens is 702 g/mol. The third-order valence-corrected chi connectivity index (χ3v) is 5.73. The molecule has 7 nitrogen and oxygen atoms in total. The van der Waals surface area contributed by atoms with Gasteiger partial charge in [0.1, 0.15) is 5.25 Å². The van der Waals surface area contributed by atoms with Crippen molar-refractivity contribution in [2.24, 2.45) is 0 Å². The lowest BCUT2D eigenvalue weighted by Gasteiger charge is -2.33. The van der Waals surface area contributed by atoms with Crippen molar-refractivity contribution in [2.45, 2.75) is 85.2 Å². The molecule has 262 valence electrons. The molecule has 1 N–H and O–H groups in total. The van der Waals surface area contributed by atoms with E-state index in [1.807, 2.05) is 0 Å². The molecule has 0 aromatic rings. The Bertz CT molecular complexity index is 954. The van der Waals surface area contributed by atoms with Gasteiger partial charge >= 0.3 is 59.8 Å². The van der Waals surface area contributed by atoms with Crippen LogP contribution in [0.5, 0.6) is 0 Å². The number of ether oxygens (including phenoxy) is 2. The van der Waals surface area contributed by atoms with Gasteiger partial charge in [-0.3, -0.25) is 9.59 Å². The largest absolute Gasteiger partial charge is 0.466 e. The Morgan fingerprint density at radius 1 is 0.591 bits per heavy atom. The Labute approximate surface area is 236 Å². The van der Waals surface area contributed by atoms with E-state index in [1.165, 1.54) is 0 Å². The number of carbonyl (C=O) groups is 2. The van der Waals surface area contributed by atoms with Crippen LogP contribution < -0.4 is 0 Å². The summed E-state index contributed by atoms with van der Waals surface area (Å²) in [6.45, 7) is -2.79. The minimum Gasteiger partial charge on any atom is -0.466 e. The minimum atomic E-state index is -7.19. The van der Waals surface area contributed by atoms with Crippen molar-refractivity contribution in [1.82, 2.24) is 0 Å². The molecule has 1 unspecified atom stereocenters. The molecule has 0 aromatic carbocycles. The number of halogens is 18.